The first-order valence-electron chi connectivity index (χ1n) is 4.70. The predicted molar refractivity (Wildman–Crippen MR) is 52.4 cm³/mol. The van der Waals surface area contributed by atoms with Crippen LogP contribution in [0, 0.1) is 0 Å². The summed E-state index contributed by atoms with van der Waals surface area (Å²) in [5, 5.41) is 5.87. The zero-order valence-corrected chi connectivity index (χ0v) is 8.45. The minimum absolute atomic E-state index is 0.114. The Bertz CT molecular complexity index is 477. The Balaban J connectivity index is 2.09. The van der Waals surface area contributed by atoms with Crippen LogP contribution in [0.15, 0.2) is 24.4 Å². The summed E-state index contributed by atoms with van der Waals surface area (Å²) in [5.41, 5.74) is 0.440. The van der Waals surface area contributed by atoms with Gasteiger partial charge in [0.1, 0.15) is 0 Å². The summed E-state index contributed by atoms with van der Waals surface area (Å²) in [7, 11) is 0. The smallest absolute Gasteiger partial charge is 0.324 e. The van der Waals surface area contributed by atoms with Gasteiger partial charge in [0.05, 0.1) is 6.54 Å². The fourth-order valence-corrected chi connectivity index (χ4v) is 1.18. The van der Waals surface area contributed by atoms with Crippen molar-refractivity contribution in [2.45, 2.75) is 12.3 Å². The zero-order chi connectivity index (χ0) is 12.5. The van der Waals surface area contributed by atoms with Crippen molar-refractivity contribution in [3.8, 4) is 0 Å². The van der Waals surface area contributed by atoms with Gasteiger partial charge in [-0.2, -0.15) is 13.8 Å². The minimum Gasteiger partial charge on any atom is -0.347 e. The number of halogens is 4. The van der Waals surface area contributed by atoms with Gasteiger partial charge in [0.25, 0.3) is 0 Å². The molecular formula is C9H8F4N4. The lowest BCUT2D eigenvalue weighted by Gasteiger charge is -2.14. The van der Waals surface area contributed by atoms with Crippen LogP contribution in [0.1, 0.15) is 0 Å². The van der Waals surface area contributed by atoms with Gasteiger partial charge in [-0.25, -0.2) is 13.3 Å². The Kier molecular flexibility index (Phi) is 2.86. The number of alkyl halides is 4. The zero-order valence-electron chi connectivity index (χ0n) is 8.45. The first kappa shape index (κ1) is 11.6. The lowest BCUT2D eigenvalue weighted by Crippen LogP contribution is -2.35. The van der Waals surface area contributed by atoms with Crippen molar-refractivity contribution in [2.75, 3.05) is 11.9 Å². The SMILES string of the molecule is FC(F)C(F)(F)CNc1nc2ccccn2n1. The van der Waals surface area contributed by atoms with Gasteiger partial charge in [0, 0.05) is 6.20 Å². The Labute approximate surface area is 93.3 Å². The van der Waals surface area contributed by atoms with Gasteiger partial charge in [-0.05, 0) is 12.1 Å². The molecule has 1 N–H and O–H groups in total. The van der Waals surface area contributed by atoms with E-state index in [1.807, 2.05) is 0 Å². The third kappa shape index (κ3) is 2.45. The van der Waals surface area contributed by atoms with E-state index in [1.165, 1.54) is 4.52 Å². The maximum Gasteiger partial charge on any atom is 0.324 e. The number of fused-ring (bicyclic) bond motifs is 1. The molecule has 0 radical (unpaired) electrons. The second kappa shape index (κ2) is 4.19. The summed E-state index contributed by atoms with van der Waals surface area (Å²) >= 11 is 0. The molecule has 0 aliphatic rings. The first-order chi connectivity index (χ1) is 7.99. The van der Waals surface area contributed by atoms with E-state index in [4.69, 9.17) is 0 Å². The molecule has 92 valence electrons. The molecule has 8 heteroatoms. The fraction of sp³-hybridized carbons (Fsp3) is 0.333. The number of anilines is 1. The maximum atomic E-state index is 12.6. The van der Waals surface area contributed by atoms with E-state index in [0.29, 0.717) is 5.65 Å². The maximum absolute atomic E-state index is 12.6. The highest BCUT2D eigenvalue weighted by Gasteiger charge is 2.40. The molecule has 0 saturated carbocycles. The van der Waals surface area contributed by atoms with Crippen LogP contribution in [0.2, 0.25) is 0 Å². The van der Waals surface area contributed by atoms with E-state index in [2.05, 4.69) is 15.4 Å². The number of hydrogen-bond donors (Lipinski definition) is 1. The van der Waals surface area contributed by atoms with Crippen molar-refractivity contribution in [2.24, 2.45) is 0 Å². The van der Waals surface area contributed by atoms with Crippen molar-refractivity contribution in [3.05, 3.63) is 24.4 Å². The fourth-order valence-electron chi connectivity index (χ4n) is 1.18. The molecule has 0 aliphatic carbocycles. The molecule has 2 rings (SSSR count). The second-order valence-electron chi connectivity index (χ2n) is 3.35. The van der Waals surface area contributed by atoms with Crippen molar-refractivity contribution < 1.29 is 17.6 Å². The number of nitrogens with zero attached hydrogens (tertiary/aromatic N) is 3. The lowest BCUT2D eigenvalue weighted by molar-refractivity contribution is -0.117. The Morgan fingerprint density at radius 2 is 2.12 bits per heavy atom. The van der Waals surface area contributed by atoms with Crippen LogP contribution in [0.3, 0.4) is 0 Å². The van der Waals surface area contributed by atoms with E-state index in [0.717, 1.165) is 0 Å². The Morgan fingerprint density at radius 3 is 2.76 bits per heavy atom. The molecule has 0 atom stereocenters. The molecule has 0 bridgehead atoms. The van der Waals surface area contributed by atoms with Crippen molar-refractivity contribution >= 4 is 11.6 Å². The Morgan fingerprint density at radius 1 is 1.35 bits per heavy atom. The molecule has 2 aromatic heterocycles. The lowest BCUT2D eigenvalue weighted by atomic mass is 10.3. The summed E-state index contributed by atoms with van der Waals surface area (Å²) in [6.07, 6.45) is -2.15. The predicted octanol–water partition coefficient (Wildman–Crippen LogP) is 2.04. The molecule has 17 heavy (non-hydrogen) atoms. The number of aromatic nitrogens is 3. The first-order valence-corrected chi connectivity index (χ1v) is 4.70. The number of hydrogen-bond acceptors (Lipinski definition) is 3. The van der Waals surface area contributed by atoms with Crippen LogP contribution in [0.25, 0.3) is 5.65 Å². The quantitative estimate of drug-likeness (QED) is 0.842. The molecule has 0 spiro atoms. The summed E-state index contributed by atoms with van der Waals surface area (Å²) < 4.78 is 50.3. The van der Waals surface area contributed by atoms with Crippen molar-refractivity contribution in [1.29, 1.82) is 0 Å². The molecule has 0 aromatic carbocycles. The molecule has 2 heterocycles. The number of nitrogens with one attached hydrogen (secondary N) is 1. The highest BCUT2D eigenvalue weighted by atomic mass is 19.3. The van der Waals surface area contributed by atoms with Crippen LogP contribution in [-0.2, 0) is 0 Å². The van der Waals surface area contributed by atoms with Gasteiger partial charge in [0.2, 0.25) is 5.95 Å². The van der Waals surface area contributed by atoms with Gasteiger partial charge < -0.3 is 5.32 Å². The van der Waals surface area contributed by atoms with E-state index in [-0.39, 0.29) is 5.95 Å². The topological polar surface area (TPSA) is 42.2 Å². The number of pyridine rings is 1. The largest absolute Gasteiger partial charge is 0.347 e. The monoisotopic (exact) mass is 248 g/mol. The molecule has 4 nitrogen and oxygen atoms in total. The van der Waals surface area contributed by atoms with Gasteiger partial charge in [-0.1, -0.05) is 6.07 Å². The summed E-state index contributed by atoms with van der Waals surface area (Å²) in [6.45, 7) is -1.21. The van der Waals surface area contributed by atoms with Crippen LogP contribution < -0.4 is 5.32 Å². The van der Waals surface area contributed by atoms with Gasteiger partial charge in [0.15, 0.2) is 5.65 Å². The standard InChI is InChI=1S/C9H8F4N4/c10-7(11)9(12,13)5-14-8-15-6-3-1-2-4-17(6)16-8/h1-4,7H,5H2,(H,14,16). The molecule has 0 saturated heterocycles. The third-order valence-corrected chi connectivity index (χ3v) is 2.04. The summed E-state index contributed by atoms with van der Waals surface area (Å²) in [6, 6.07) is 4.99. The van der Waals surface area contributed by atoms with Gasteiger partial charge in [-0.3, -0.25) is 0 Å². The third-order valence-electron chi connectivity index (χ3n) is 2.04. The molecule has 0 fully saturated rings. The average Bonchev–Trinajstić information content (AvgIpc) is 2.69. The number of rotatable bonds is 4. The van der Waals surface area contributed by atoms with E-state index < -0.39 is 18.9 Å². The molecule has 0 unspecified atom stereocenters. The molecule has 0 aliphatic heterocycles. The van der Waals surface area contributed by atoms with Gasteiger partial charge in [-0.15, -0.1) is 5.10 Å². The summed E-state index contributed by atoms with van der Waals surface area (Å²) in [5.74, 6) is -4.21. The highest BCUT2D eigenvalue weighted by Crippen LogP contribution is 2.22. The highest BCUT2D eigenvalue weighted by molar-refractivity contribution is 5.42. The normalized spacial score (nSPS) is 12.3. The van der Waals surface area contributed by atoms with Crippen molar-refractivity contribution in [3.63, 3.8) is 0 Å². The average molecular weight is 248 g/mol. The van der Waals surface area contributed by atoms with Crippen LogP contribution in [-0.4, -0.2) is 33.5 Å². The second-order valence-corrected chi connectivity index (χ2v) is 3.35. The molecule has 0 amide bonds. The minimum atomic E-state index is -4.10. The van der Waals surface area contributed by atoms with Crippen LogP contribution in [0.5, 0.6) is 0 Å². The Hall–Kier alpha value is -1.86. The molecular weight excluding hydrogens is 240 g/mol. The van der Waals surface area contributed by atoms with Crippen LogP contribution in [0.4, 0.5) is 23.5 Å². The van der Waals surface area contributed by atoms with E-state index >= 15 is 0 Å². The van der Waals surface area contributed by atoms with E-state index in [9.17, 15) is 17.6 Å². The van der Waals surface area contributed by atoms with Crippen molar-refractivity contribution in [1.82, 2.24) is 14.6 Å². The summed E-state index contributed by atoms with van der Waals surface area (Å²) in [4.78, 5) is 3.84. The van der Waals surface area contributed by atoms with Gasteiger partial charge >= 0.3 is 12.3 Å². The van der Waals surface area contributed by atoms with E-state index in [1.54, 1.807) is 24.4 Å². The molecule has 2 aromatic rings. The van der Waals surface area contributed by atoms with Crippen LogP contribution >= 0.6 is 0 Å².